The van der Waals surface area contributed by atoms with E-state index >= 15 is 0 Å². The number of alkyl halides is 3. The standard InChI is InChI=1S/C24H27F3N4O/c1-5-17-8-10-18(11-9-17)21(30(3)4)15-28-23(32)20-14-29-31(22(20)24(25,26)27)19-12-6-16(2)7-13-19/h6-14,21H,5,15H2,1-4H3,(H,28,32). The lowest BCUT2D eigenvalue weighted by Crippen LogP contribution is -2.35. The predicted molar refractivity (Wildman–Crippen MR) is 118 cm³/mol. The number of benzene rings is 2. The van der Waals surface area contributed by atoms with Crippen LogP contribution >= 0.6 is 0 Å². The zero-order chi connectivity index (χ0) is 23.5. The summed E-state index contributed by atoms with van der Waals surface area (Å²) in [6.07, 6.45) is -2.86. The Kier molecular flexibility index (Phi) is 7.03. The molecule has 1 amide bonds. The maximum absolute atomic E-state index is 13.9. The largest absolute Gasteiger partial charge is 0.434 e. The first kappa shape index (κ1) is 23.5. The second kappa shape index (κ2) is 9.56. The number of nitrogens with one attached hydrogen (secondary N) is 1. The van der Waals surface area contributed by atoms with Crippen molar-refractivity contribution in [2.24, 2.45) is 0 Å². The Labute approximate surface area is 185 Å². The molecule has 0 aliphatic heterocycles. The first-order valence-corrected chi connectivity index (χ1v) is 10.4. The molecule has 5 nitrogen and oxygen atoms in total. The quantitative estimate of drug-likeness (QED) is 0.570. The SMILES string of the molecule is CCc1ccc(C(CNC(=O)c2cnn(-c3ccc(C)cc3)c2C(F)(F)F)N(C)C)cc1. The fraction of sp³-hybridized carbons (Fsp3) is 0.333. The van der Waals surface area contributed by atoms with Gasteiger partial charge in [0.05, 0.1) is 23.5 Å². The maximum Gasteiger partial charge on any atom is 0.434 e. The van der Waals surface area contributed by atoms with Crippen molar-refractivity contribution < 1.29 is 18.0 Å². The van der Waals surface area contributed by atoms with E-state index in [0.29, 0.717) is 0 Å². The molecule has 0 fully saturated rings. The minimum atomic E-state index is -4.75. The molecule has 170 valence electrons. The molecule has 0 aliphatic rings. The zero-order valence-electron chi connectivity index (χ0n) is 18.6. The summed E-state index contributed by atoms with van der Waals surface area (Å²) in [5, 5.41) is 6.53. The predicted octanol–water partition coefficient (Wildman–Crippen LogP) is 4.79. The van der Waals surface area contributed by atoms with Crippen molar-refractivity contribution in [3.8, 4) is 5.69 Å². The minimum absolute atomic E-state index is 0.157. The smallest absolute Gasteiger partial charge is 0.350 e. The van der Waals surface area contributed by atoms with Gasteiger partial charge in [-0.3, -0.25) is 4.79 Å². The van der Waals surface area contributed by atoms with Crippen molar-refractivity contribution in [2.45, 2.75) is 32.5 Å². The van der Waals surface area contributed by atoms with Crippen molar-refractivity contribution in [1.82, 2.24) is 20.0 Å². The van der Waals surface area contributed by atoms with Crippen molar-refractivity contribution >= 4 is 5.91 Å². The molecule has 1 aromatic heterocycles. The summed E-state index contributed by atoms with van der Waals surface area (Å²) in [7, 11) is 3.72. The maximum atomic E-state index is 13.9. The summed E-state index contributed by atoms with van der Waals surface area (Å²) in [5.41, 5.74) is 1.72. The number of halogens is 3. The van der Waals surface area contributed by atoms with E-state index in [9.17, 15) is 18.0 Å². The summed E-state index contributed by atoms with van der Waals surface area (Å²) in [6.45, 7) is 4.06. The van der Waals surface area contributed by atoms with Crippen LogP contribution in [0.4, 0.5) is 13.2 Å². The van der Waals surface area contributed by atoms with Gasteiger partial charge in [-0.25, -0.2) is 4.68 Å². The Morgan fingerprint density at radius 3 is 2.25 bits per heavy atom. The normalized spacial score (nSPS) is 12.8. The van der Waals surface area contributed by atoms with Gasteiger partial charge in [0.15, 0.2) is 5.69 Å². The molecule has 2 aromatic carbocycles. The minimum Gasteiger partial charge on any atom is -0.350 e. The Bertz CT molecular complexity index is 1050. The van der Waals surface area contributed by atoms with Crippen LogP contribution in [0.15, 0.2) is 54.7 Å². The summed E-state index contributed by atoms with van der Waals surface area (Å²) in [4.78, 5) is 14.7. The molecule has 3 rings (SSSR count). The van der Waals surface area contributed by atoms with Gasteiger partial charge in [0, 0.05) is 6.54 Å². The fourth-order valence-corrected chi connectivity index (χ4v) is 3.53. The van der Waals surface area contributed by atoms with Gasteiger partial charge in [0.25, 0.3) is 5.91 Å². The van der Waals surface area contributed by atoms with E-state index in [1.54, 1.807) is 24.3 Å². The van der Waals surface area contributed by atoms with E-state index in [2.05, 4.69) is 17.3 Å². The highest BCUT2D eigenvalue weighted by atomic mass is 19.4. The molecule has 0 radical (unpaired) electrons. The van der Waals surface area contributed by atoms with Crippen molar-refractivity contribution in [3.63, 3.8) is 0 Å². The molecule has 0 aliphatic carbocycles. The number of nitrogens with zero attached hydrogens (tertiary/aromatic N) is 3. The second-order valence-corrected chi connectivity index (χ2v) is 7.94. The van der Waals surface area contributed by atoms with Crippen LogP contribution in [-0.4, -0.2) is 41.2 Å². The summed E-state index contributed by atoms with van der Waals surface area (Å²) in [5.74, 6) is -0.812. The van der Waals surface area contributed by atoms with Crippen LogP contribution in [0.2, 0.25) is 0 Å². The van der Waals surface area contributed by atoms with E-state index < -0.39 is 23.3 Å². The lowest BCUT2D eigenvalue weighted by atomic mass is 10.0. The molecule has 0 bridgehead atoms. The lowest BCUT2D eigenvalue weighted by molar-refractivity contribution is -0.143. The molecule has 3 aromatic rings. The summed E-state index contributed by atoms with van der Waals surface area (Å²) < 4.78 is 42.4. The summed E-state index contributed by atoms with van der Waals surface area (Å²) in [6, 6.07) is 14.3. The number of likely N-dealkylation sites (N-methyl/N-ethyl adjacent to an activating group) is 1. The molecule has 1 unspecified atom stereocenters. The van der Waals surface area contributed by atoms with E-state index in [1.807, 2.05) is 50.2 Å². The average molecular weight is 445 g/mol. The van der Waals surface area contributed by atoms with Gasteiger partial charge in [0.2, 0.25) is 0 Å². The van der Waals surface area contributed by atoms with Crippen LogP contribution in [0, 0.1) is 6.92 Å². The highest BCUT2D eigenvalue weighted by Crippen LogP contribution is 2.33. The highest BCUT2D eigenvalue weighted by molar-refractivity contribution is 5.95. The molecule has 1 atom stereocenters. The van der Waals surface area contributed by atoms with Crippen molar-refractivity contribution in [2.75, 3.05) is 20.6 Å². The number of amides is 1. The highest BCUT2D eigenvalue weighted by Gasteiger charge is 2.40. The van der Waals surface area contributed by atoms with Gasteiger partial charge in [0.1, 0.15) is 0 Å². The number of hydrogen-bond donors (Lipinski definition) is 1. The summed E-state index contributed by atoms with van der Waals surface area (Å²) >= 11 is 0. The van der Waals surface area contributed by atoms with Crippen LogP contribution in [0.1, 0.15) is 45.7 Å². The van der Waals surface area contributed by atoms with Gasteiger partial charge >= 0.3 is 6.18 Å². The number of hydrogen-bond acceptors (Lipinski definition) is 3. The lowest BCUT2D eigenvalue weighted by Gasteiger charge is -2.25. The third-order valence-electron chi connectivity index (χ3n) is 5.41. The van der Waals surface area contributed by atoms with Crippen LogP contribution < -0.4 is 5.32 Å². The van der Waals surface area contributed by atoms with Gasteiger partial charge in [-0.2, -0.15) is 18.3 Å². The van der Waals surface area contributed by atoms with E-state index in [1.165, 1.54) is 5.56 Å². The molecular formula is C24H27F3N4O. The van der Waals surface area contributed by atoms with Crippen LogP contribution in [0.3, 0.4) is 0 Å². The van der Waals surface area contributed by atoms with Crippen molar-refractivity contribution in [3.05, 3.63) is 82.7 Å². The van der Waals surface area contributed by atoms with Gasteiger partial charge < -0.3 is 10.2 Å². The number of carbonyl (C=O) groups excluding carboxylic acids is 1. The topological polar surface area (TPSA) is 50.2 Å². The van der Waals surface area contributed by atoms with Gasteiger partial charge in [-0.15, -0.1) is 0 Å². The van der Waals surface area contributed by atoms with E-state index in [4.69, 9.17) is 0 Å². The van der Waals surface area contributed by atoms with E-state index in [-0.39, 0.29) is 18.3 Å². The number of aryl methyl sites for hydroxylation is 2. The van der Waals surface area contributed by atoms with Gasteiger partial charge in [-0.1, -0.05) is 48.9 Å². The molecule has 32 heavy (non-hydrogen) atoms. The first-order valence-electron chi connectivity index (χ1n) is 10.4. The van der Waals surface area contributed by atoms with Crippen LogP contribution in [0.25, 0.3) is 5.69 Å². The van der Waals surface area contributed by atoms with Crippen LogP contribution in [0.5, 0.6) is 0 Å². The molecule has 0 saturated heterocycles. The molecule has 1 N–H and O–H groups in total. The second-order valence-electron chi connectivity index (χ2n) is 7.94. The molecule has 0 saturated carbocycles. The Balaban J connectivity index is 1.85. The number of aromatic nitrogens is 2. The number of carbonyl (C=O) groups is 1. The Hall–Kier alpha value is -3.13. The molecule has 8 heteroatoms. The Morgan fingerprint density at radius 1 is 1.09 bits per heavy atom. The first-order chi connectivity index (χ1) is 15.1. The van der Waals surface area contributed by atoms with Crippen molar-refractivity contribution in [1.29, 1.82) is 0 Å². The third-order valence-corrected chi connectivity index (χ3v) is 5.41. The molecule has 0 spiro atoms. The average Bonchev–Trinajstić information content (AvgIpc) is 3.20. The Morgan fingerprint density at radius 2 is 1.72 bits per heavy atom. The molecule has 1 heterocycles. The third kappa shape index (κ3) is 5.19. The fourth-order valence-electron chi connectivity index (χ4n) is 3.53. The van der Waals surface area contributed by atoms with E-state index in [0.717, 1.165) is 28.4 Å². The molecular weight excluding hydrogens is 417 g/mol. The monoisotopic (exact) mass is 444 g/mol. The van der Waals surface area contributed by atoms with Gasteiger partial charge in [-0.05, 0) is 50.7 Å². The number of rotatable bonds is 7. The van der Waals surface area contributed by atoms with Crippen LogP contribution in [-0.2, 0) is 12.6 Å². The zero-order valence-corrected chi connectivity index (χ0v) is 18.6.